The van der Waals surface area contributed by atoms with E-state index in [1.54, 1.807) is 0 Å². The van der Waals surface area contributed by atoms with Crippen LogP contribution in [-0.2, 0) is 9.84 Å². The molecule has 0 aliphatic carbocycles. The van der Waals surface area contributed by atoms with Gasteiger partial charge in [0.05, 0.1) is 5.75 Å². The SMILES string of the molecule is CS(=O)(=O)CCC=C1CCNC1. The molecule has 0 amide bonds. The van der Waals surface area contributed by atoms with Gasteiger partial charge in [0.1, 0.15) is 9.84 Å². The highest BCUT2D eigenvalue weighted by molar-refractivity contribution is 7.90. The molecule has 3 nitrogen and oxygen atoms in total. The first-order valence-electron chi connectivity index (χ1n) is 4.14. The van der Waals surface area contributed by atoms with Gasteiger partial charge in [0.25, 0.3) is 0 Å². The average molecular weight is 189 g/mol. The fourth-order valence-electron chi connectivity index (χ4n) is 1.24. The van der Waals surface area contributed by atoms with Crippen LogP contribution in [0.1, 0.15) is 12.8 Å². The second-order valence-corrected chi connectivity index (χ2v) is 5.47. The summed E-state index contributed by atoms with van der Waals surface area (Å²) >= 11 is 0. The van der Waals surface area contributed by atoms with Gasteiger partial charge in [-0.2, -0.15) is 0 Å². The Balaban J connectivity index is 2.29. The second kappa shape index (κ2) is 4.05. The van der Waals surface area contributed by atoms with E-state index in [1.165, 1.54) is 11.8 Å². The molecule has 1 aliphatic rings. The first-order valence-corrected chi connectivity index (χ1v) is 6.20. The minimum absolute atomic E-state index is 0.274. The molecule has 0 radical (unpaired) electrons. The molecule has 1 heterocycles. The van der Waals surface area contributed by atoms with Gasteiger partial charge in [-0.05, 0) is 19.4 Å². The maximum atomic E-state index is 10.8. The number of sulfone groups is 1. The molecule has 0 aromatic carbocycles. The molecular formula is C8H15NO2S. The van der Waals surface area contributed by atoms with E-state index in [4.69, 9.17) is 0 Å². The smallest absolute Gasteiger partial charge is 0.147 e. The molecule has 4 heteroatoms. The van der Waals surface area contributed by atoms with Crippen molar-refractivity contribution in [2.75, 3.05) is 25.1 Å². The lowest BCUT2D eigenvalue weighted by atomic mass is 10.2. The van der Waals surface area contributed by atoms with Gasteiger partial charge in [-0.1, -0.05) is 11.6 Å². The molecule has 0 saturated carbocycles. The van der Waals surface area contributed by atoms with Crippen molar-refractivity contribution in [1.82, 2.24) is 5.32 Å². The molecule has 1 aliphatic heterocycles. The summed E-state index contributed by atoms with van der Waals surface area (Å²) in [4.78, 5) is 0. The zero-order valence-corrected chi connectivity index (χ0v) is 8.15. The fourth-order valence-corrected chi connectivity index (χ4v) is 1.78. The van der Waals surface area contributed by atoms with Gasteiger partial charge in [0, 0.05) is 12.8 Å². The summed E-state index contributed by atoms with van der Waals surface area (Å²) in [5.74, 6) is 0.274. The standard InChI is InChI=1S/C8H15NO2S/c1-12(10,11)6-2-3-8-4-5-9-7-8/h3,9H,2,4-7H2,1H3. The van der Waals surface area contributed by atoms with Crippen molar-refractivity contribution in [1.29, 1.82) is 0 Å². The van der Waals surface area contributed by atoms with Crippen LogP contribution < -0.4 is 5.32 Å². The zero-order chi connectivity index (χ0) is 9.03. The summed E-state index contributed by atoms with van der Waals surface area (Å²) in [6.45, 7) is 1.97. The molecule has 0 spiro atoms. The van der Waals surface area contributed by atoms with Crippen LogP contribution in [0.15, 0.2) is 11.6 Å². The highest BCUT2D eigenvalue weighted by atomic mass is 32.2. The summed E-state index contributed by atoms with van der Waals surface area (Å²) < 4.78 is 21.5. The number of rotatable bonds is 3. The molecule has 0 unspecified atom stereocenters. The van der Waals surface area contributed by atoms with Crippen LogP contribution in [0.5, 0.6) is 0 Å². The lowest BCUT2D eigenvalue weighted by Crippen LogP contribution is -2.05. The Bertz CT molecular complexity index is 259. The van der Waals surface area contributed by atoms with Crippen LogP contribution in [0.3, 0.4) is 0 Å². The molecule has 1 saturated heterocycles. The second-order valence-electron chi connectivity index (χ2n) is 3.21. The molecule has 0 aromatic rings. The Morgan fingerprint density at radius 1 is 1.58 bits per heavy atom. The number of hydrogen-bond acceptors (Lipinski definition) is 3. The Hall–Kier alpha value is -0.350. The van der Waals surface area contributed by atoms with E-state index < -0.39 is 9.84 Å². The van der Waals surface area contributed by atoms with Crippen LogP contribution in [0, 0.1) is 0 Å². The molecule has 0 bridgehead atoms. The molecule has 12 heavy (non-hydrogen) atoms. The van der Waals surface area contributed by atoms with Crippen LogP contribution >= 0.6 is 0 Å². The predicted octanol–water partition coefficient (Wildman–Crippen LogP) is 0.341. The maximum Gasteiger partial charge on any atom is 0.147 e. The summed E-state index contributed by atoms with van der Waals surface area (Å²) in [6, 6.07) is 0. The van der Waals surface area contributed by atoms with E-state index >= 15 is 0 Å². The van der Waals surface area contributed by atoms with E-state index in [-0.39, 0.29) is 5.75 Å². The van der Waals surface area contributed by atoms with Gasteiger partial charge >= 0.3 is 0 Å². The highest BCUT2D eigenvalue weighted by Crippen LogP contribution is 2.06. The largest absolute Gasteiger partial charge is 0.313 e. The Morgan fingerprint density at radius 2 is 2.33 bits per heavy atom. The van der Waals surface area contributed by atoms with Gasteiger partial charge < -0.3 is 5.32 Å². The van der Waals surface area contributed by atoms with Gasteiger partial charge in [0.2, 0.25) is 0 Å². The van der Waals surface area contributed by atoms with Crippen molar-refractivity contribution in [3.05, 3.63) is 11.6 Å². The maximum absolute atomic E-state index is 10.8. The molecule has 0 aromatic heterocycles. The van der Waals surface area contributed by atoms with Crippen molar-refractivity contribution in [2.45, 2.75) is 12.8 Å². The van der Waals surface area contributed by atoms with E-state index in [0.717, 1.165) is 19.5 Å². The van der Waals surface area contributed by atoms with Crippen LogP contribution in [-0.4, -0.2) is 33.5 Å². The minimum Gasteiger partial charge on any atom is -0.313 e. The van der Waals surface area contributed by atoms with E-state index in [2.05, 4.69) is 5.32 Å². The van der Waals surface area contributed by atoms with Crippen molar-refractivity contribution in [2.24, 2.45) is 0 Å². The topological polar surface area (TPSA) is 46.2 Å². The van der Waals surface area contributed by atoms with E-state index in [1.807, 2.05) is 6.08 Å². The summed E-state index contributed by atoms with van der Waals surface area (Å²) in [6.07, 6.45) is 5.05. The lowest BCUT2D eigenvalue weighted by molar-refractivity contribution is 0.601. The van der Waals surface area contributed by atoms with Crippen LogP contribution in [0.4, 0.5) is 0 Å². The normalized spacial score (nSPS) is 21.9. The van der Waals surface area contributed by atoms with Crippen LogP contribution in [0.2, 0.25) is 0 Å². The predicted molar refractivity (Wildman–Crippen MR) is 49.9 cm³/mol. The lowest BCUT2D eigenvalue weighted by Gasteiger charge is -1.95. The first-order chi connectivity index (χ1) is 5.58. The summed E-state index contributed by atoms with van der Waals surface area (Å²) in [5, 5.41) is 3.20. The van der Waals surface area contributed by atoms with Gasteiger partial charge in [-0.15, -0.1) is 0 Å². The van der Waals surface area contributed by atoms with Gasteiger partial charge in [-0.25, -0.2) is 8.42 Å². The highest BCUT2D eigenvalue weighted by Gasteiger charge is 2.05. The first kappa shape index (κ1) is 9.74. The molecule has 70 valence electrons. The number of hydrogen-bond donors (Lipinski definition) is 1. The Kier molecular flexibility index (Phi) is 3.29. The fraction of sp³-hybridized carbons (Fsp3) is 0.750. The van der Waals surface area contributed by atoms with Crippen molar-refractivity contribution in [3.63, 3.8) is 0 Å². The summed E-state index contributed by atoms with van der Waals surface area (Å²) in [7, 11) is -2.78. The quantitative estimate of drug-likeness (QED) is 0.651. The third kappa shape index (κ3) is 3.88. The van der Waals surface area contributed by atoms with Crippen molar-refractivity contribution < 1.29 is 8.42 Å². The molecule has 0 atom stereocenters. The molecule has 1 rings (SSSR count). The number of allylic oxidation sites excluding steroid dienone is 1. The van der Waals surface area contributed by atoms with Gasteiger partial charge in [0.15, 0.2) is 0 Å². The van der Waals surface area contributed by atoms with Crippen molar-refractivity contribution in [3.8, 4) is 0 Å². The van der Waals surface area contributed by atoms with Gasteiger partial charge in [-0.3, -0.25) is 0 Å². The Morgan fingerprint density at radius 3 is 2.83 bits per heavy atom. The van der Waals surface area contributed by atoms with Crippen LogP contribution in [0.25, 0.3) is 0 Å². The number of nitrogens with one attached hydrogen (secondary N) is 1. The monoisotopic (exact) mass is 189 g/mol. The molecule has 1 N–H and O–H groups in total. The van der Waals surface area contributed by atoms with Crippen molar-refractivity contribution >= 4 is 9.84 Å². The Labute approximate surface area is 73.8 Å². The van der Waals surface area contributed by atoms with E-state index in [0.29, 0.717) is 6.42 Å². The summed E-state index contributed by atoms with van der Waals surface area (Å²) in [5.41, 5.74) is 1.35. The zero-order valence-electron chi connectivity index (χ0n) is 7.34. The third-order valence-electron chi connectivity index (χ3n) is 1.90. The van der Waals surface area contributed by atoms with E-state index in [9.17, 15) is 8.42 Å². The molecule has 1 fully saturated rings. The molecular weight excluding hydrogens is 174 g/mol. The minimum atomic E-state index is -2.78. The average Bonchev–Trinajstić information content (AvgIpc) is 2.36. The third-order valence-corrected chi connectivity index (χ3v) is 2.87.